The highest BCUT2D eigenvalue weighted by molar-refractivity contribution is 5.40. The molecule has 0 bridgehead atoms. The van der Waals surface area contributed by atoms with Gasteiger partial charge in [0.1, 0.15) is 17.9 Å². The van der Waals surface area contributed by atoms with Gasteiger partial charge < -0.3 is 14.7 Å². The fourth-order valence-corrected chi connectivity index (χ4v) is 2.91. The second-order valence-corrected chi connectivity index (χ2v) is 5.98. The number of aromatic nitrogens is 3. The summed E-state index contributed by atoms with van der Waals surface area (Å²) in [7, 11) is 0. The van der Waals surface area contributed by atoms with Crippen LogP contribution in [0.1, 0.15) is 35.6 Å². The van der Waals surface area contributed by atoms with Crippen LogP contribution in [0.4, 0.5) is 5.82 Å². The Morgan fingerprint density at radius 2 is 2.00 bits per heavy atom. The van der Waals surface area contributed by atoms with E-state index in [1.807, 2.05) is 20.8 Å². The van der Waals surface area contributed by atoms with Gasteiger partial charge in [-0.05, 0) is 33.6 Å². The van der Waals surface area contributed by atoms with Gasteiger partial charge in [-0.2, -0.15) is 0 Å². The molecule has 1 aliphatic rings. The van der Waals surface area contributed by atoms with Crippen molar-refractivity contribution >= 4 is 5.82 Å². The van der Waals surface area contributed by atoms with E-state index >= 15 is 0 Å². The number of hydrogen-bond acceptors (Lipinski definition) is 6. The number of piperidine rings is 1. The number of aryl methyl sites for hydroxylation is 3. The lowest BCUT2D eigenvalue weighted by Crippen LogP contribution is -2.42. The summed E-state index contributed by atoms with van der Waals surface area (Å²) in [6.07, 6.45) is 3.96. The number of nitrogens with zero attached hydrogens (tertiary/aromatic N) is 4. The van der Waals surface area contributed by atoms with E-state index < -0.39 is 0 Å². The molecule has 6 heteroatoms. The summed E-state index contributed by atoms with van der Waals surface area (Å²) in [6, 6.07) is 2.61. The topological polar surface area (TPSA) is 67.1 Å². The Morgan fingerprint density at radius 3 is 2.64 bits per heavy atom. The molecule has 3 rings (SSSR count). The van der Waals surface area contributed by atoms with Gasteiger partial charge in [0.25, 0.3) is 0 Å². The molecule has 1 N–H and O–H groups in total. The first-order valence-corrected chi connectivity index (χ1v) is 7.82. The Balaban J connectivity index is 1.53. The molecule has 0 atom stereocenters. The third-order valence-electron chi connectivity index (χ3n) is 4.20. The van der Waals surface area contributed by atoms with Crippen molar-refractivity contribution in [2.45, 2.75) is 46.2 Å². The molecule has 0 aliphatic carbocycles. The van der Waals surface area contributed by atoms with Crippen molar-refractivity contribution in [2.24, 2.45) is 0 Å². The van der Waals surface area contributed by atoms with E-state index in [0.717, 1.165) is 61.1 Å². The minimum absolute atomic E-state index is 0.537. The summed E-state index contributed by atoms with van der Waals surface area (Å²) in [5, 5.41) is 7.51. The first-order chi connectivity index (χ1) is 10.6. The van der Waals surface area contributed by atoms with Crippen molar-refractivity contribution in [3.8, 4) is 0 Å². The van der Waals surface area contributed by atoms with Gasteiger partial charge in [-0.1, -0.05) is 5.16 Å². The first kappa shape index (κ1) is 15.0. The zero-order chi connectivity index (χ0) is 15.5. The zero-order valence-corrected chi connectivity index (χ0v) is 13.5. The van der Waals surface area contributed by atoms with Crippen LogP contribution in [0.5, 0.6) is 0 Å². The Kier molecular flexibility index (Phi) is 4.38. The van der Waals surface area contributed by atoms with Crippen LogP contribution in [0.2, 0.25) is 0 Å². The van der Waals surface area contributed by atoms with Crippen molar-refractivity contribution in [1.82, 2.24) is 20.4 Å². The molecule has 22 heavy (non-hydrogen) atoms. The van der Waals surface area contributed by atoms with E-state index in [1.54, 1.807) is 6.26 Å². The highest BCUT2D eigenvalue weighted by Crippen LogP contribution is 2.19. The monoisotopic (exact) mass is 301 g/mol. The zero-order valence-electron chi connectivity index (χ0n) is 13.5. The average molecular weight is 301 g/mol. The van der Waals surface area contributed by atoms with Gasteiger partial charge in [-0.3, -0.25) is 0 Å². The maximum absolute atomic E-state index is 4.97. The first-order valence-electron chi connectivity index (χ1n) is 7.82. The summed E-state index contributed by atoms with van der Waals surface area (Å²) in [6.45, 7) is 8.82. The molecule has 1 saturated heterocycles. The number of rotatable bonds is 4. The third kappa shape index (κ3) is 3.44. The van der Waals surface area contributed by atoms with Gasteiger partial charge >= 0.3 is 0 Å². The van der Waals surface area contributed by atoms with Crippen LogP contribution in [0.15, 0.2) is 16.9 Å². The van der Waals surface area contributed by atoms with Crippen LogP contribution in [-0.2, 0) is 6.54 Å². The lowest BCUT2D eigenvalue weighted by atomic mass is 10.0. The van der Waals surface area contributed by atoms with E-state index in [9.17, 15) is 0 Å². The lowest BCUT2D eigenvalue weighted by Gasteiger charge is -2.33. The van der Waals surface area contributed by atoms with E-state index in [2.05, 4.69) is 31.4 Å². The van der Waals surface area contributed by atoms with Crippen LogP contribution in [0.25, 0.3) is 0 Å². The van der Waals surface area contributed by atoms with Crippen LogP contribution in [0.3, 0.4) is 0 Å². The Bertz CT molecular complexity index is 611. The van der Waals surface area contributed by atoms with E-state index in [-0.39, 0.29) is 0 Å². The molecule has 0 spiro atoms. The number of nitrogens with one attached hydrogen (secondary N) is 1. The molecule has 0 amide bonds. The standard InChI is InChI=1S/C16H23N5O/c1-11-8-16(19-13(3)18-11)21-6-4-15(5-7-21)17-9-14-10-22-20-12(14)2/h8,10,15,17H,4-7,9H2,1-3H3. The van der Waals surface area contributed by atoms with Crippen LogP contribution < -0.4 is 10.2 Å². The van der Waals surface area contributed by atoms with Gasteiger partial charge in [0.15, 0.2) is 0 Å². The predicted octanol–water partition coefficient (Wildman–Crippen LogP) is 2.15. The lowest BCUT2D eigenvalue weighted by molar-refractivity contribution is 0.405. The molecule has 6 nitrogen and oxygen atoms in total. The highest BCUT2D eigenvalue weighted by atomic mass is 16.5. The van der Waals surface area contributed by atoms with E-state index in [1.165, 1.54) is 0 Å². The molecule has 3 heterocycles. The van der Waals surface area contributed by atoms with Crippen molar-refractivity contribution in [3.05, 3.63) is 35.1 Å². The van der Waals surface area contributed by atoms with Crippen molar-refractivity contribution in [2.75, 3.05) is 18.0 Å². The Labute approximate surface area is 130 Å². The summed E-state index contributed by atoms with van der Waals surface area (Å²) in [5.74, 6) is 1.90. The summed E-state index contributed by atoms with van der Waals surface area (Å²) >= 11 is 0. The molecule has 2 aromatic heterocycles. The normalized spacial score (nSPS) is 16.2. The summed E-state index contributed by atoms with van der Waals surface area (Å²) in [5.41, 5.74) is 3.15. The SMILES string of the molecule is Cc1cc(N2CCC(NCc3conc3C)CC2)nc(C)n1. The van der Waals surface area contributed by atoms with Gasteiger partial charge in [0, 0.05) is 43.0 Å². The van der Waals surface area contributed by atoms with Gasteiger partial charge in [0.2, 0.25) is 0 Å². The van der Waals surface area contributed by atoms with Crippen molar-refractivity contribution in [3.63, 3.8) is 0 Å². The fourth-order valence-electron chi connectivity index (χ4n) is 2.91. The molecule has 0 saturated carbocycles. The second-order valence-electron chi connectivity index (χ2n) is 5.98. The van der Waals surface area contributed by atoms with Gasteiger partial charge in [-0.25, -0.2) is 9.97 Å². The maximum Gasteiger partial charge on any atom is 0.132 e. The molecular formula is C16H23N5O. The molecular weight excluding hydrogens is 278 g/mol. The highest BCUT2D eigenvalue weighted by Gasteiger charge is 2.20. The third-order valence-corrected chi connectivity index (χ3v) is 4.20. The van der Waals surface area contributed by atoms with Crippen LogP contribution in [-0.4, -0.2) is 34.3 Å². The second kappa shape index (κ2) is 6.44. The number of anilines is 1. The summed E-state index contributed by atoms with van der Waals surface area (Å²) < 4.78 is 4.97. The quantitative estimate of drug-likeness (QED) is 0.933. The average Bonchev–Trinajstić information content (AvgIpc) is 2.90. The van der Waals surface area contributed by atoms with Crippen molar-refractivity contribution in [1.29, 1.82) is 0 Å². The molecule has 0 radical (unpaired) electrons. The van der Waals surface area contributed by atoms with E-state index in [0.29, 0.717) is 6.04 Å². The molecule has 2 aromatic rings. The molecule has 0 aromatic carbocycles. The minimum atomic E-state index is 0.537. The Morgan fingerprint density at radius 1 is 1.23 bits per heavy atom. The van der Waals surface area contributed by atoms with Crippen LogP contribution in [0, 0.1) is 20.8 Å². The van der Waals surface area contributed by atoms with Gasteiger partial charge in [0.05, 0.1) is 5.69 Å². The largest absolute Gasteiger partial charge is 0.364 e. The van der Waals surface area contributed by atoms with E-state index in [4.69, 9.17) is 4.52 Å². The molecule has 1 fully saturated rings. The molecule has 1 aliphatic heterocycles. The van der Waals surface area contributed by atoms with Gasteiger partial charge in [-0.15, -0.1) is 0 Å². The maximum atomic E-state index is 4.97. The minimum Gasteiger partial charge on any atom is -0.364 e. The smallest absolute Gasteiger partial charge is 0.132 e. The molecule has 0 unspecified atom stereocenters. The van der Waals surface area contributed by atoms with Crippen molar-refractivity contribution < 1.29 is 4.52 Å². The predicted molar refractivity (Wildman–Crippen MR) is 84.8 cm³/mol. The van der Waals surface area contributed by atoms with Crippen LogP contribution >= 0.6 is 0 Å². The Hall–Kier alpha value is -1.95. The summed E-state index contributed by atoms with van der Waals surface area (Å²) in [4.78, 5) is 11.3. The fraction of sp³-hybridized carbons (Fsp3) is 0.562. The number of hydrogen-bond donors (Lipinski definition) is 1. The molecule has 118 valence electrons.